The Morgan fingerprint density at radius 3 is 2.52 bits per heavy atom. The highest BCUT2D eigenvalue weighted by atomic mass is 16.5. The molecule has 3 rings (SSSR count). The van der Waals surface area contributed by atoms with Crippen LogP contribution >= 0.6 is 0 Å². The average molecular weight is 341 g/mol. The molecular formula is C21H27NO3. The quantitative estimate of drug-likeness (QED) is 0.868. The van der Waals surface area contributed by atoms with Crippen LogP contribution in [0.15, 0.2) is 42.5 Å². The van der Waals surface area contributed by atoms with E-state index in [0.717, 1.165) is 30.8 Å². The van der Waals surface area contributed by atoms with Crippen LogP contribution in [0.1, 0.15) is 42.9 Å². The van der Waals surface area contributed by atoms with Crippen molar-refractivity contribution in [2.75, 3.05) is 20.8 Å². The third-order valence-corrected chi connectivity index (χ3v) is 5.04. The number of likely N-dealkylation sites (tertiary alicyclic amines) is 1. The van der Waals surface area contributed by atoms with Crippen molar-refractivity contribution in [2.45, 2.75) is 38.3 Å². The van der Waals surface area contributed by atoms with Gasteiger partial charge in [0, 0.05) is 18.2 Å². The van der Waals surface area contributed by atoms with Crippen molar-refractivity contribution < 1.29 is 14.6 Å². The third kappa shape index (κ3) is 4.07. The van der Waals surface area contributed by atoms with Gasteiger partial charge in [0.25, 0.3) is 0 Å². The molecule has 0 bridgehead atoms. The van der Waals surface area contributed by atoms with Gasteiger partial charge in [0.1, 0.15) is 5.75 Å². The van der Waals surface area contributed by atoms with Gasteiger partial charge in [-0.2, -0.15) is 0 Å². The Balaban J connectivity index is 1.85. The van der Waals surface area contributed by atoms with Crippen molar-refractivity contribution >= 4 is 0 Å². The number of rotatable bonds is 5. The van der Waals surface area contributed by atoms with Gasteiger partial charge in [-0.25, -0.2) is 0 Å². The van der Waals surface area contributed by atoms with Crippen LogP contribution in [-0.2, 0) is 6.54 Å². The molecule has 1 N–H and O–H groups in total. The van der Waals surface area contributed by atoms with Gasteiger partial charge >= 0.3 is 0 Å². The molecule has 0 radical (unpaired) electrons. The number of benzene rings is 2. The predicted molar refractivity (Wildman–Crippen MR) is 99.3 cm³/mol. The number of hydrogen-bond acceptors (Lipinski definition) is 4. The topological polar surface area (TPSA) is 41.9 Å². The monoisotopic (exact) mass is 341 g/mol. The normalized spacial score (nSPS) is 18.6. The zero-order valence-corrected chi connectivity index (χ0v) is 15.1. The first-order valence-electron chi connectivity index (χ1n) is 8.95. The largest absolute Gasteiger partial charge is 0.504 e. The molecule has 4 heteroatoms. The fraction of sp³-hybridized carbons (Fsp3) is 0.429. The number of phenolic OH excluding ortho intramolecular Hbond substituents is 1. The van der Waals surface area contributed by atoms with Crippen LogP contribution in [0, 0.1) is 0 Å². The third-order valence-electron chi connectivity index (χ3n) is 5.04. The second-order valence-corrected chi connectivity index (χ2v) is 6.58. The Kier molecular flexibility index (Phi) is 5.82. The van der Waals surface area contributed by atoms with Crippen LogP contribution in [-0.4, -0.2) is 30.8 Å². The second kappa shape index (κ2) is 8.26. The Hall–Kier alpha value is -2.20. The minimum absolute atomic E-state index is 0.253. The Bertz CT molecular complexity index is 684. The SMILES string of the molecule is COc1ccc(C2CCCCCN2Cc2cccc(OC)c2O)cc1. The molecule has 1 atom stereocenters. The van der Waals surface area contributed by atoms with Crippen molar-refractivity contribution in [3.63, 3.8) is 0 Å². The lowest BCUT2D eigenvalue weighted by atomic mass is 10.00. The molecule has 1 heterocycles. The Morgan fingerprint density at radius 1 is 1.00 bits per heavy atom. The van der Waals surface area contributed by atoms with Gasteiger partial charge in [-0.1, -0.05) is 37.1 Å². The van der Waals surface area contributed by atoms with Gasteiger partial charge in [0.15, 0.2) is 11.5 Å². The van der Waals surface area contributed by atoms with Gasteiger partial charge in [-0.15, -0.1) is 0 Å². The lowest BCUT2D eigenvalue weighted by Crippen LogP contribution is -2.28. The smallest absolute Gasteiger partial charge is 0.162 e. The number of phenols is 1. The highest BCUT2D eigenvalue weighted by Gasteiger charge is 2.24. The molecule has 1 fully saturated rings. The average Bonchev–Trinajstić information content (AvgIpc) is 2.89. The minimum Gasteiger partial charge on any atom is -0.504 e. The fourth-order valence-corrected chi connectivity index (χ4v) is 3.64. The highest BCUT2D eigenvalue weighted by molar-refractivity contribution is 5.45. The molecule has 0 aromatic heterocycles. The summed E-state index contributed by atoms with van der Waals surface area (Å²) in [4.78, 5) is 2.48. The van der Waals surface area contributed by atoms with Crippen molar-refractivity contribution in [3.8, 4) is 17.2 Å². The van der Waals surface area contributed by atoms with Crippen LogP contribution in [0.2, 0.25) is 0 Å². The number of methoxy groups -OCH3 is 2. The first-order chi connectivity index (χ1) is 12.2. The molecule has 1 aliphatic rings. The first-order valence-corrected chi connectivity index (χ1v) is 8.95. The van der Waals surface area contributed by atoms with Crippen molar-refractivity contribution in [3.05, 3.63) is 53.6 Å². The number of para-hydroxylation sites is 1. The maximum atomic E-state index is 10.4. The zero-order valence-electron chi connectivity index (χ0n) is 15.1. The van der Waals surface area contributed by atoms with E-state index in [0.29, 0.717) is 11.8 Å². The van der Waals surface area contributed by atoms with Crippen molar-refractivity contribution in [1.82, 2.24) is 4.90 Å². The van der Waals surface area contributed by atoms with E-state index in [2.05, 4.69) is 17.0 Å². The van der Waals surface area contributed by atoms with Gasteiger partial charge in [-0.05, 0) is 43.1 Å². The van der Waals surface area contributed by atoms with E-state index in [4.69, 9.17) is 9.47 Å². The number of hydrogen-bond donors (Lipinski definition) is 1. The summed E-state index contributed by atoms with van der Waals surface area (Å²) in [6, 6.07) is 14.5. The molecule has 0 aliphatic carbocycles. The molecule has 0 spiro atoms. The summed E-state index contributed by atoms with van der Waals surface area (Å²) in [6.45, 7) is 1.76. The molecule has 0 amide bonds. The summed E-state index contributed by atoms with van der Waals surface area (Å²) in [5.41, 5.74) is 2.23. The molecule has 25 heavy (non-hydrogen) atoms. The lowest BCUT2D eigenvalue weighted by Gasteiger charge is -2.31. The second-order valence-electron chi connectivity index (χ2n) is 6.58. The molecule has 4 nitrogen and oxygen atoms in total. The van der Waals surface area contributed by atoms with E-state index in [1.807, 2.05) is 24.3 Å². The summed E-state index contributed by atoms with van der Waals surface area (Å²) in [5.74, 6) is 1.67. The molecule has 2 aromatic carbocycles. The van der Waals surface area contributed by atoms with Crippen LogP contribution in [0.25, 0.3) is 0 Å². The van der Waals surface area contributed by atoms with E-state index in [-0.39, 0.29) is 5.75 Å². The highest BCUT2D eigenvalue weighted by Crippen LogP contribution is 2.35. The summed E-state index contributed by atoms with van der Waals surface area (Å²) < 4.78 is 10.5. The number of aromatic hydroxyl groups is 1. The van der Waals surface area contributed by atoms with Gasteiger partial charge in [-0.3, -0.25) is 4.90 Å². The summed E-state index contributed by atoms with van der Waals surface area (Å²) >= 11 is 0. The summed E-state index contributed by atoms with van der Waals surface area (Å²) in [5, 5.41) is 10.4. The Labute approximate surface area is 150 Å². The molecular weight excluding hydrogens is 314 g/mol. The van der Waals surface area contributed by atoms with Gasteiger partial charge < -0.3 is 14.6 Å². The number of nitrogens with zero attached hydrogens (tertiary/aromatic N) is 1. The maximum absolute atomic E-state index is 10.4. The van der Waals surface area contributed by atoms with Crippen LogP contribution in [0.4, 0.5) is 0 Å². The van der Waals surface area contributed by atoms with Crippen molar-refractivity contribution in [1.29, 1.82) is 0 Å². The van der Waals surface area contributed by atoms with E-state index in [9.17, 15) is 5.11 Å². The summed E-state index contributed by atoms with van der Waals surface area (Å²) in [6.07, 6.45) is 4.82. The van der Waals surface area contributed by atoms with E-state index in [1.165, 1.54) is 24.8 Å². The minimum atomic E-state index is 0.253. The van der Waals surface area contributed by atoms with E-state index < -0.39 is 0 Å². The standard InChI is InChI=1S/C21H27NO3/c1-24-18-12-10-16(11-13-18)19-8-4-3-5-14-22(19)15-17-7-6-9-20(25-2)21(17)23/h6-7,9-13,19,23H,3-5,8,14-15H2,1-2H3. The Morgan fingerprint density at radius 2 is 1.80 bits per heavy atom. The molecule has 1 aliphatic heterocycles. The summed E-state index contributed by atoms with van der Waals surface area (Å²) in [7, 11) is 3.28. The van der Waals surface area contributed by atoms with Gasteiger partial charge in [0.05, 0.1) is 14.2 Å². The predicted octanol–water partition coefficient (Wildman–Crippen LogP) is 4.53. The molecule has 1 unspecified atom stereocenters. The molecule has 0 saturated carbocycles. The molecule has 2 aromatic rings. The number of ether oxygens (including phenoxy) is 2. The lowest BCUT2D eigenvalue weighted by molar-refractivity contribution is 0.190. The van der Waals surface area contributed by atoms with Gasteiger partial charge in [0.2, 0.25) is 0 Å². The van der Waals surface area contributed by atoms with E-state index in [1.54, 1.807) is 20.3 Å². The maximum Gasteiger partial charge on any atom is 0.162 e. The molecule has 1 saturated heterocycles. The van der Waals surface area contributed by atoms with Crippen molar-refractivity contribution in [2.24, 2.45) is 0 Å². The van der Waals surface area contributed by atoms with E-state index >= 15 is 0 Å². The van der Waals surface area contributed by atoms with Crippen LogP contribution in [0.5, 0.6) is 17.2 Å². The zero-order chi connectivity index (χ0) is 17.6. The van der Waals surface area contributed by atoms with Crippen LogP contribution in [0.3, 0.4) is 0 Å². The van der Waals surface area contributed by atoms with Crippen LogP contribution < -0.4 is 9.47 Å². The molecule has 134 valence electrons. The first kappa shape index (κ1) is 17.6. The fourth-order valence-electron chi connectivity index (χ4n) is 3.64.